The van der Waals surface area contributed by atoms with E-state index in [-0.39, 0.29) is 5.82 Å². The van der Waals surface area contributed by atoms with Crippen LogP contribution in [0.25, 0.3) is 0 Å². The highest BCUT2D eigenvalue weighted by molar-refractivity contribution is 6.32. The Morgan fingerprint density at radius 3 is 2.65 bits per heavy atom. The second kappa shape index (κ2) is 5.48. The highest BCUT2D eigenvalue weighted by atomic mass is 35.5. The predicted molar refractivity (Wildman–Crippen MR) is 67.9 cm³/mol. The smallest absolute Gasteiger partial charge is 0.129 e. The number of rotatable bonds is 3. The molecule has 0 fully saturated rings. The molecule has 0 aliphatic carbocycles. The van der Waals surface area contributed by atoms with Gasteiger partial charge < -0.3 is 0 Å². The van der Waals surface area contributed by atoms with E-state index in [0.29, 0.717) is 17.0 Å². The number of hydrogen-bond donors (Lipinski definition) is 0. The molecule has 1 aromatic carbocycles. The van der Waals surface area contributed by atoms with Crippen molar-refractivity contribution >= 4 is 23.2 Å². The normalized spacial score (nSPS) is 12.4. The van der Waals surface area contributed by atoms with Gasteiger partial charge in [0.05, 0.1) is 5.38 Å². The zero-order chi connectivity index (χ0) is 12.3. The van der Waals surface area contributed by atoms with Crippen molar-refractivity contribution in [3.8, 4) is 0 Å². The van der Waals surface area contributed by atoms with E-state index in [9.17, 15) is 4.39 Å². The summed E-state index contributed by atoms with van der Waals surface area (Å²) >= 11 is 12.1. The standard InChI is InChI=1S/C13H10Cl2FN/c14-10-5-3-6-12(16)13(10)11(15)8-9-4-1-2-7-17-9/h1-7,11H,8H2. The average Bonchev–Trinajstić information content (AvgIpc) is 2.30. The van der Waals surface area contributed by atoms with Crippen LogP contribution in [0.2, 0.25) is 5.02 Å². The lowest BCUT2D eigenvalue weighted by atomic mass is 10.1. The number of hydrogen-bond acceptors (Lipinski definition) is 1. The summed E-state index contributed by atoms with van der Waals surface area (Å²) in [6.45, 7) is 0. The number of pyridine rings is 1. The molecular formula is C13H10Cl2FN. The Hall–Kier alpha value is -1.12. The average molecular weight is 270 g/mol. The quantitative estimate of drug-likeness (QED) is 0.753. The molecule has 4 heteroatoms. The fraction of sp³-hybridized carbons (Fsp3) is 0.154. The lowest BCUT2D eigenvalue weighted by molar-refractivity contribution is 0.605. The monoisotopic (exact) mass is 269 g/mol. The lowest BCUT2D eigenvalue weighted by Gasteiger charge is -2.12. The van der Waals surface area contributed by atoms with E-state index in [1.165, 1.54) is 6.07 Å². The van der Waals surface area contributed by atoms with Gasteiger partial charge in [-0.05, 0) is 24.3 Å². The van der Waals surface area contributed by atoms with Gasteiger partial charge in [0.1, 0.15) is 5.82 Å². The van der Waals surface area contributed by atoms with Gasteiger partial charge in [0.2, 0.25) is 0 Å². The molecule has 88 valence electrons. The third-order valence-corrected chi connectivity index (χ3v) is 3.13. The molecule has 0 bridgehead atoms. The van der Waals surface area contributed by atoms with Crippen LogP contribution in [-0.2, 0) is 6.42 Å². The molecule has 1 unspecified atom stereocenters. The fourth-order valence-electron chi connectivity index (χ4n) is 1.61. The van der Waals surface area contributed by atoms with Gasteiger partial charge >= 0.3 is 0 Å². The zero-order valence-electron chi connectivity index (χ0n) is 8.91. The first-order valence-corrected chi connectivity index (χ1v) is 5.98. The van der Waals surface area contributed by atoms with Crippen LogP contribution in [0, 0.1) is 5.82 Å². The number of alkyl halides is 1. The summed E-state index contributed by atoms with van der Waals surface area (Å²) in [5.74, 6) is -0.381. The summed E-state index contributed by atoms with van der Waals surface area (Å²) < 4.78 is 13.6. The van der Waals surface area contributed by atoms with Crippen LogP contribution in [-0.4, -0.2) is 4.98 Å². The van der Waals surface area contributed by atoms with E-state index >= 15 is 0 Å². The molecule has 0 saturated carbocycles. The Morgan fingerprint density at radius 2 is 2.00 bits per heavy atom. The van der Waals surface area contributed by atoms with Crippen LogP contribution in [0.15, 0.2) is 42.6 Å². The van der Waals surface area contributed by atoms with Crippen molar-refractivity contribution in [2.45, 2.75) is 11.8 Å². The number of halogens is 3. The van der Waals surface area contributed by atoms with Gasteiger partial charge in [0, 0.05) is 28.9 Å². The van der Waals surface area contributed by atoms with Gasteiger partial charge in [-0.3, -0.25) is 4.98 Å². The molecule has 17 heavy (non-hydrogen) atoms. The second-order valence-corrected chi connectivity index (χ2v) is 4.56. The molecule has 0 saturated heterocycles. The highest BCUT2D eigenvalue weighted by Gasteiger charge is 2.17. The maximum Gasteiger partial charge on any atom is 0.129 e. The van der Waals surface area contributed by atoms with Crippen LogP contribution in [0.3, 0.4) is 0 Å². The van der Waals surface area contributed by atoms with Gasteiger partial charge in [0.15, 0.2) is 0 Å². The highest BCUT2D eigenvalue weighted by Crippen LogP contribution is 2.32. The van der Waals surface area contributed by atoms with E-state index in [1.54, 1.807) is 18.3 Å². The molecule has 0 amide bonds. The van der Waals surface area contributed by atoms with Gasteiger partial charge in [-0.25, -0.2) is 4.39 Å². The molecule has 0 aliphatic rings. The van der Waals surface area contributed by atoms with Crippen LogP contribution in [0.4, 0.5) is 4.39 Å². The van der Waals surface area contributed by atoms with Gasteiger partial charge in [-0.15, -0.1) is 11.6 Å². The van der Waals surface area contributed by atoms with Gasteiger partial charge in [-0.2, -0.15) is 0 Å². The first kappa shape index (κ1) is 12.3. The van der Waals surface area contributed by atoms with Crippen molar-refractivity contribution in [1.29, 1.82) is 0 Å². The van der Waals surface area contributed by atoms with E-state index in [1.807, 2.05) is 18.2 Å². The Kier molecular flexibility index (Phi) is 3.97. The van der Waals surface area contributed by atoms with E-state index in [2.05, 4.69) is 4.98 Å². The van der Waals surface area contributed by atoms with Crippen molar-refractivity contribution in [3.05, 3.63) is 64.7 Å². The minimum Gasteiger partial charge on any atom is -0.261 e. The molecule has 2 rings (SSSR count). The van der Waals surface area contributed by atoms with Crippen molar-refractivity contribution < 1.29 is 4.39 Å². The molecular weight excluding hydrogens is 260 g/mol. The Morgan fingerprint density at radius 1 is 1.18 bits per heavy atom. The topological polar surface area (TPSA) is 12.9 Å². The minimum atomic E-state index is -0.515. The third-order valence-electron chi connectivity index (χ3n) is 2.43. The summed E-state index contributed by atoms with van der Waals surface area (Å²) in [7, 11) is 0. The number of benzene rings is 1. The molecule has 1 aromatic heterocycles. The van der Waals surface area contributed by atoms with Crippen molar-refractivity contribution in [1.82, 2.24) is 4.98 Å². The predicted octanol–water partition coefficient (Wildman–Crippen LogP) is 4.40. The maximum atomic E-state index is 13.6. The SMILES string of the molecule is Fc1cccc(Cl)c1C(Cl)Cc1ccccn1. The van der Waals surface area contributed by atoms with E-state index in [4.69, 9.17) is 23.2 Å². The third kappa shape index (κ3) is 2.96. The number of aromatic nitrogens is 1. The van der Waals surface area contributed by atoms with Crippen molar-refractivity contribution in [3.63, 3.8) is 0 Å². The molecule has 0 aliphatic heterocycles. The summed E-state index contributed by atoms with van der Waals surface area (Å²) in [6, 6.07) is 10.1. The first-order valence-electron chi connectivity index (χ1n) is 5.16. The van der Waals surface area contributed by atoms with Crippen molar-refractivity contribution in [2.75, 3.05) is 0 Å². The lowest BCUT2D eigenvalue weighted by Crippen LogP contribution is -2.01. The van der Waals surface area contributed by atoms with Gasteiger partial charge in [-0.1, -0.05) is 23.7 Å². The maximum absolute atomic E-state index is 13.6. The molecule has 1 atom stereocenters. The summed E-state index contributed by atoms with van der Waals surface area (Å²) in [5, 5.41) is -0.167. The molecule has 2 aromatic rings. The second-order valence-electron chi connectivity index (χ2n) is 3.63. The Labute approximate surface area is 109 Å². The van der Waals surface area contributed by atoms with E-state index in [0.717, 1.165) is 5.69 Å². The first-order chi connectivity index (χ1) is 8.18. The summed E-state index contributed by atoms with van der Waals surface area (Å²) in [6.07, 6.45) is 2.13. The molecule has 1 nitrogen and oxygen atoms in total. The molecule has 0 N–H and O–H groups in total. The molecule has 0 radical (unpaired) electrons. The fourth-order valence-corrected chi connectivity index (χ4v) is 2.34. The number of nitrogens with zero attached hydrogens (tertiary/aromatic N) is 1. The summed E-state index contributed by atoms with van der Waals surface area (Å²) in [5.41, 5.74) is 1.15. The minimum absolute atomic E-state index is 0.335. The Balaban J connectivity index is 2.23. The summed E-state index contributed by atoms with van der Waals surface area (Å²) in [4.78, 5) is 4.15. The van der Waals surface area contributed by atoms with Crippen molar-refractivity contribution in [2.24, 2.45) is 0 Å². The Bertz CT molecular complexity index is 482. The zero-order valence-corrected chi connectivity index (χ0v) is 10.4. The molecule has 0 spiro atoms. The van der Waals surface area contributed by atoms with Crippen LogP contribution >= 0.6 is 23.2 Å². The van der Waals surface area contributed by atoms with Crippen LogP contribution in [0.5, 0.6) is 0 Å². The largest absolute Gasteiger partial charge is 0.261 e. The molecule has 1 heterocycles. The van der Waals surface area contributed by atoms with Crippen LogP contribution < -0.4 is 0 Å². The van der Waals surface area contributed by atoms with Gasteiger partial charge in [0.25, 0.3) is 0 Å². The van der Waals surface area contributed by atoms with Crippen LogP contribution in [0.1, 0.15) is 16.6 Å². The van der Waals surface area contributed by atoms with E-state index < -0.39 is 5.38 Å².